The van der Waals surface area contributed by atoms with Crippen molar-refractivity contribution in [3.8, 4) is 6.07 Å². The largest absolute Gasteiger partial charge is 0.444 e. The summed E-state index contributed by atoms with van der Waals surface area (Å²) in [7, 11) is 0. The minimum atomic E-state index is -0.646. The van der Waals surface area contributed by atoms with Crippen LogP contribution in [-0.2, 0) is 4.74 Å². The number of rotatable bonds is 0. The van der Waals surface area contributed by atoms with Crippen LogP contribution in [0.5, 0.6) is 0 Å². The minimum Gasteiger partial charge on any atom is -0.444 e. The maximum Gasteiger partial charge on any atom is 0.410 e. The Hall–Kier alpha value is -1.28. The quantitative estimate of drug-likeness (QED) is 0.696. The standard InChI is InChI=1S/C12H20N2O3/c1-12(2,3)17-11(16)14-6-4-9(8-13)10(15)5-7-14/h9-10,15H,4-7H2,1-3H3/t9-,10-/m1/s1. The summed E-state index contributed by atoms with van der Waals surface area (Å²) in [6, 6.07) is 2.07. The first-order chi connectivity index (χ1) is 7.83. The zero-order valence-corrected chi connectivity index (χ0v) is 10.6. The van der Waals surface area contributed by atoms with Gasteiger partial charge in [0.2, 0.25) is 0 Å². The van der Waals surface area contributed by atoms with Crippen molar-refractivity contribution in [1.82, 2.24) is 4.90 Å². The first-order valence-electron chi connectivity index (χ1n) is 5.89. The Morgan fingerprint density at radius 3 is 2.53 bits per heavy atom. The molecule has 0 spiro atoms. The molecule has 1 amide bonds. The second-order valence-electron chi connectivity index (χ2n) is 5.35. The van der Waals surface area contributed by atoms with Crippen molar-refractivity contribution in [2.45, 2.75) is 45.3 Å². The summed E-state index contributed by atoms with van der Waals surface area (Å²) in [6.07, 6.45) is -0.0929. The Bertz CT molecular complexity index is 317. The van der Waals surface area contributed by atoms with Crippen LogP contribution in [0.25, 0.3) is 0 Å². The highest BCUT2D eigenvalue weighted by Crippen LogP contribution is 2.19. The molecular weight excluding hydrogens is 220 g/mol. The topological polar surface area (TPSA) is 73.6 Å². The van der Waals surface area contributed by atoms with Crippen molar-refractivity contribution in [2.24, 2.45) is 5.92 Å². The number of likely N-dealkylation sites (tertiary alicyclic amines) is 1. The van der Waals surface area contributed by atoms with Crippen molar-refractivity contribution >= 4 is 6.09 Å². The number of ether oxygens (including phenoxy) is 1. The van der Waals surface area contributed by atoms with Gasteiger partial charge in [0.25, 0.3) is 0 Å². The highest BCUT2D eigenvalue weighted by molar-refractivity contribution is 5.68. The van der Waals surface area contributed by atoms with Gasteiger partial charge in [-0.2, -0.15) is 5.26 Å². The lowest BCUT2D eigenvalue weighted by molar-refractivity contribution is 0.0251. The van der Waals surface area contributed by atoms with E-state index in [4.69, 9.17) is 10.00 Å². The molecule has 5 heteroatoms. The average molecular weight is 240 g/mol. The molecule has 0 aliphatic carbocycles. The van der Waals surface area contributed by atoms with Crippen molar-refractivity contribution in [2.75, 3.05) is 13.1 Å². The third kappa shape index (κ3) is 4.23. The van der Waals surface area contributed by atoms with Crippen LogP contribution in [0.4, 0.5) is 4.79 Å². The first-order valence-corrected chi connectivity index (χ1v) is 5.89. The molecule has 2 atom stereocenters. The summed E-state index contributed by atoms with van der Waals surface area (Å²) in [5, 5.41) is 18.5. The number of aliphatic hydroxyl groups excluding tert-OH is 1. The van der Waals surface area contributed by atoms with Gasteiger partial charge in [0.15, 0.2) is 0 Å². The second-order valence-corrected chi connectivity index (χ2v) is 5.35. The van der Waals surface area contributed by atoms with Crippen LogP contribution in [0.2, 0.25) is 0 Å². The molecule has 0 saturated carbocycles. The molecule has 1 rings (SSSR count). The van der Waals surface area contributed by atoms with E-state index in [1.54, 1.807) is 4.90 Å². The van der Waals surface area contributed by atoms with Crippen LogP contribution in [0, 0.1) is 17.2 Å². The van der Waals surface area contributed by atoms with Crippen molar-refractivity contribution in [3.05, 3.63) is 0 Å². The highest BCUT2D eigenvalue weighted by Gasteiger charge is 2.29. The Labute approximate surface area is 102 Å². The van der Waals surface area contributed by atoms with E-state index in [2.05, 4.69) is 6.07 Å². The van der Waals surface area contributed by atoms with Crippen LogP contribution in [0.15, 0.2) is 0 Å². The molecular formula is C12H20N2O3. The fourth-order valence-corrected chi connectivity index (χ4v) is 1.75. The Balaban J connectivity index is 2.57. The van der Waals surface area contributed by atoms with Crippen LogP contribution < -0.4 is 0 Å². The van der Waals surface area contributed by atoms with Gasteiger partial charge < -0.3 is 14.7 Å². The molecule has 96 valence electrons. The molecule has 0 aromatic carbocycles. The fourth-order valence-electron chi connectivity index (χ4n) is 1.75. The second kappa shape index (κ2) is 5.37. The summed E-state index contributed by atoms with van der Waals surface area (Å²) in [5.41, 5.74) is -0.517. The summed E-state index contributed by atoms with van der Waals surface area (Å²) in [6.45, 7) is 6.35. The lowest BCUT2D eigenvalue weighted by Crippen LogP contribution is -2.37. The molecule has 5 nitrogen and oxygen atoms in total. The lowest BCUT2D eigenvalue weighted by atomic mass is 10.00. The van der Waals surface area contributed by atoms with E-state index >= 15 is 0 Å². The summed E-state index contributed by atoms with van der Waals surface area (Å²) in [4.78, 5) is 13.4. The number of carbonyl (C=O) groups excluding carboxylic acids is 1. The third-order valence-corrected chi connectivity index (χ3v) is 2.69. The zero-order valence-electron chi connectivity index (χ0n) is 10.6. The van der Waals surface area contributed by atoms with Gasteiger partial charge in [-0.25, -0.2) is 4.79 Å². The molecule has 0 unspecified atom stereocenters. The van der Waals surface area contributed by atoms with Crippen molar-refractivity contribution < 1.29 is 14.6 Å². The fraction of sp³-hybridized carbons (Fsp3) is 0.833. The van der Waals surface area contributed by atoms with Gasteiger partial charge in [0.05, 0.1) is 18.1 Å². The van der Waals surface area contributed by atoms with Crippen molar-refractivity contribution in [3.63, 3.8) is 0 Å². The van der Waals surface area contributed by atoms with Gasteiger partial charge in [-0.3, -0.25) is 0 Å². The molecule has 0 radical (unpaired) electrons. The highest BCUT2D eigenvalue weighted by atomic mass is 16.6. The zero-order chi connectivity index (χ0) is 13.1. The van der Waals surface area contributed by atoms with Crippen LogP contribution in [0.1, 0.15) is 33.6 Å². The number of hydrogen-bond donors (Lipinski definition) is 1. The summed E-state index contributed by atoms with van der Waals surface area (Å²) >= 11 is 0. The predicted octanol–water partition coefficient (Wildman–Crippen LogP) is 1.52. The molecule has 0 aromatic rings. The molecule has 1 heterocycles. The van der Waals surface area contributed by atoms with Gasteiger partial charge in [0, 0.05) is 13.1 Å². The third-order valence-electron chi connectivity index (χ3n) is 2.69. The monoisotopic (exact) mass is 240 g/mol. The molecule has 0 bridgehead atoms. The number of amides is 1. The summed E-state index contributed by atoms with van der Waals surface area (Å²) < 4.78 is 5.26. The van der Waals surface area contributed by atoms with E-state index in [0.717, 1.165) is 0 Å². The van der Waals surface area contributed by atoms with Gasteiger partial charge in [-0.1, -0.05) is 0 Å². The first kappa shape index (κ1) is 13.8. The van der Waals surface area contributed by atoms with Gasteiger partial charge in [-0.15, -0.1) is 0 Å². The minimum absolute atomic E-state index is 0.372. The van der Waals surface area contributed by atoms with E-state index in [9.17, 15) is 9.90 Å². The van der Waals surface area contributed by atoms with E-state index in [-0.39, 0.29) is 12.0 Å². The molecule has 1 aliphatic heterocycles. The Kier molecular flexibility index (Phi) is 4.35. The number of carbonyl (C=O) groups is 1. The summed E-state index contributed by atoms with van der Waals surface area (Å²) in [5.74, 6) is -0.387. The number of aliphatic hydroxyl groups is 1. The Morgan fingerprint density at radius 1 is 1.41 bits per heavy atom. The van der Waals surface area contributed by atoms with E-state index < -0.39 is 11.7 Å². The van der Waals surface area contributed by atoms with E-state index in [0.29, 0.717) is 25.9 Å². The average Bonchev–Trinajstić information content (AvgIpc) is 2.37. The van der Waals surface area contributed by atoms with Gasteiger partial charge >= 0.3 is 6.09 Å². The number of hydrogen-bond acceptors (Lipinski definition) is 4. The molecule has 1 N–H and O–H groups in total. The van der Waals surface area contributed by atoms with Crippen LogP contribution >= 0.6 is 0 Å². The SMILES string of the molecule is CC(C)(C)OC(=O)N1CC[C@@H](O)[C@@H](C#N)CC1. The van der Waals surface area contributed by atoms with Crippen LogP contribution in [0.3, 0.4) is 0 Å². The normalized spacial score (nSPS) is 25.9. The molecule has 1 aliphatic rings. The molecule has 1 fully saturated rings. The predicted molar refractivity (Wildman–Crippen MR) is 62.2 cm³/mol. The van der Waals surface area contributed by atoms with Crippen LogP contribution in [-0.4, -0.2) is 40.9 Å². The lowest BCUT2D eigenvalue weighted by Gasteiger charge is -2.26. The van der Waals surface area contributed by atoms with E-state index in [1.165, 1.54) is 0 Å². The smallest absolute Gasteiger partial charge is 0.410 e. The number of nitrogens with zero attached hydrogens (tertiary/aromatic N) is 2. The molecule has 0 aromatic heterocycles. The van der Waals surface area contributed by atoms with Gasteiger partial charge in [-0.05, 0) is 33.6 Å². The molecule has 17 heavy (non-hydrogen) atoms. The molecule has 1 saturated heterocycles. The maximum absolute atomic E-state index is 11.8. The number of nitriles is 1. The van der Waals surface area contributed by atoms with Crippen molar-refractivity contribution in [1.29, 1.82) is 5.26 Å². The maximum atomic E-state index is 11.8. The van der Waals surface area contributed by atoms with Gasteiger partial charge in [0.1, 0.15) is 5.60 Å². The van der Waals surface area contributed by atoms with E-state index in [1.807, 2.05) is 20.8 Å². The Morgan fingerprint density at radius 2 is 2.00 bits per heavy atom.